The van der Waals surface area contributed by atoms with Crippen LogP contribution in [0.1, 0.15) is 22.8 Å². The molecule has 0 saturated carbocycles. The Bertz CT molecular complexity index is 1120. The van der Waals surface area contributed by atoms with Crippen LogP contribution >= 0.6 is 0 Å². The van der Waals surface area contributed by atoms with Crippen molar-refractivity contribution in [1.82, 2.24) is 9.97 Å². The molecule has 0 radical (unpaired) electrons. The van der Waals surface area contributed by atoms with Crippen molar-refractivity contribution in [3.8, 4) is 0 Å². The lowest BCUT2D eigenvalue weighted by Crippen LogP contribution is -2.13. The number of hydrogen-bond acceptors (Lipinski definition) is 4. The van der Waals surface area contributed by atoms with Crippen molar-refractivity contribution in [3.63, 3.8) is 0 Å². The Hall–Kier alpha value is -3.73. The minimum absolute atomic E-state index is 0.217. The van der Waals surface area contributed by atoms with E-state index in [0.29, 0.717) is 17.1 Å². The number of hydrogen-bond donors (Lipinski definition) is 2. The maximum absolute atomic E-state index is 12.6. The van der Waals surface area contributed by atoms with Crippen LogP contribution in [0.4, 0.5) is 17.2 Å². The fraction of sp³-hybridized carbons (Fsp3) is 0.0870. The van der Waals surface area contributed by atoms with Gasteiger partial charge in [0.25, 0.3) is 5.91 Å². The van der Waals surface area contributed by atoms with Gasteiger partial charge in [-0.25, -0.2) is 4.98 Å². The summed E-state index contributed by atoms with van der Waals surface area (Å²) in [7, 11) is 0. The lowest BCUT2D eigenvalue weighted by Gasteiger charge is -2.11. The molecule has 0 bridgehead atoms. The lowest BCUT2D eigenvalue weighted by molar-refractivity contribution is 0.102. The second kappa shape index (κ2) is 7.88. The average molecular weight is 368 g/mol. The van der Waals surface area contributed by atoms with Gasteiger partial charge in [0.05, 0.1) is 16.8 Å². The third kappa shape index (κ3) is 3.69. The number of nitrogens with one attached hydrogen (secondary N) is 2. The van der Waals surface area contributed by atoms with Crippen molar-refractivity contribution < 1.29 is 4.79 Å². The zero-order valence-corrected chi connectivity index (χ0v) is 15.5. The molecular weight excluding hydrogens is 348 g/mol. The van der Waals surface area contributed by atoms with E-state index in [0.717, 1.165) is 23.0 Å². The van der Waals surface area contributed by atoms with E-state index in [4.69, 9.17) is 0 Å². The number of benzene rings is 2. The molecule has 5 nitrogen and oxygen atoms in total. The van der Waals surface area contributed by atoms with Gasteiger partial charge in [0.2, 0.25) is 0 Å². The topological polar surface area (TPSA) is 66.9 Å². The van der Waals surface area contributed by atoms with Gasteiger partial charge in [-0.3, -0.25) is 9.78 Å². The van der Waals surface area contributed by atoms with Crippen molar-refractivity contribution in [2.45, 2.75) is 13.3 Å². The minimum atomic E-state index is -0.217. The SMILES string of the molecule is CCc1ccccc1Nc1ccc(C(=O)Nc2cccc3cccnc23)cn1. The fourth-order valence-corrected chi connectivity index (χ4v) is 3.09. The summed E-state index contributed by atoms with van der Waals surface area (Å²) in [5, 5.41) is 7.22. The summed E-state index contributed by atoms with van der Waals surface area (Å²) in [5.41, 5.74) is 4.18. The van der Waals surface area contributed by atoms with Crippen molar-refractivity contribution in [2.24, 2.45) is 0 Å². The third-order valence-electron chi connectivity index (χ3n) is 4.57. The molecule has 2 heterocycles. The molecule has 0 aliphatic rings. The Kier molecular flexibility index (Phi) is 4.97. The summed E-state index contributed by atoms with van der Waals surface area (Å²) in [6, 6.07) is 21.2. The Labute approximate surface area is 163 Å². The third-order valence-corrected chi connectivity index (χ3v) is 4.57. The number of rotatable bonds is 5. The van der Waals surface area contributed by atoms with E-state index in [9.17, 15) is 4.79 Å². The van der Waals surface area contributed by atoms with Crippen LogP contribution in [-0.2, 0) is 6.42 Å². The number of amides is 1. The first-order valence-electron chi connectivity index (χ1n) is 9.20. The van der Waals surface area contributed by atoms with E-state index >= 15 is 0 Å². The molecule has 0 spiro atoms. The molecule has 4 aromatic rings. The number of anilines is 3. The predicted molar refractivity (Wildman–Crippen MR) is 113 cm³/mol. The number of para-hydroxylation sites is 2. The molecule has 0 atom stereocenters. The van der Waals surface area contributed by atoms with Crippen LogP contribution in [0.2, 0.25) is 0 Å². The van der Waals surface area contributed by atoms with Crippen LogP contribution in [0, 0.1) is 0 Å². The quantitative estimate of drug-likeness (QED) is 0.509. The molecule has 2 aromatic heterocycles. The van der Waals surface area contributed by atoms with Crippen LogP contribution in [0.15, 0.2) is 79.1 Å². The molecule has 0 aliphatic carbocycles. The smallest absolute Gasteiger partial charge is 0.257 e. The van der Waals surface area contributed by atoms with E-state index < -0.39 is 0 Å². The van der Waals surface area contributed by atoms with E-state index in [1.54, 1.807) is 18.5 Å². The number of carbonyl (C=O) groups is 1. The van der Waals surface area contributed by atoms with E-state index in [1.165, 1.54) is 5.56 Å². The van der Waals surface area contributed by atoms with Crippen molar-refractivity contribution in [1.29, 1.82) is 0 Å². The number of pyridine rings is 2. The molecule has 0 unspecified atom stereocenters. The zero-order valence-electron chi connectivity index (χ0n) is 15.5. The van der Waals surface area contributed by atoms with Crippen LogP contribution in [0.5, 0.6) is 0 Å². The number of fused-ring (bicyclic) bond motifs is 1. The second-order valence-corrected chi connectivity index (χ2v) is 6.40. The first kappa shape index (κ1) is 17.7. The zero-order chi connectivity index (χ0) is 19.3. The highest BCUT2D eigenvalue weighted by atomic mass is 16.1. The van der Waals surface area contributed by atoms with Gasteiger partial charge < -0.3 is 10.6 Å². The van der Waals surface area contributed by atoms with Gasteiger partial charge in [0, 0.05) is 23.5 Å². The summed E-state index contributed by atoms with van der Waals surface area (Å²) < 4.78 is 0. The Morgan fingerprint density at radius 3 is 2.54 bits per heavy atom. The van der Waals surface area contributed by atoms with Crippen LogP contribution in [0.25, 0.3) is 10.9 Å². The molecule has 2 N–H and O–H groups in total. The van der Waals surface area contributed by atoms with Crippen LogP contribution in [0.3, 0.4) is 0 Å². The number of aryl methyl sites for hydroxylation is 1. The first-order chi connectivity index (χ1) is 13.7. The Morgan fingerprint density at radius 2 is 1.71 bits per heavy atom. The summed E-state index contributed by atoms with van der Waals surface area (Å²) in [6.45, 7) is 2.11. The van der Waals surface area contributed by atoms with E-state index in [1.807, 2.05) is 54.6 Å². The van der Waals surface area contributed by atoms with Gasteiger partial charge in [-0.15, -0.1) is 0 Å². The van der Waals surface area contributed by atoms with Gasteiger partial charge in [0.1, 0.15) is 5.82 Å². The Balaban J connectivity index is 1.51. The van der Waals surface area contributed by atoms with Gasteiger partial charge in [-0.05, 0) is 42.3 Å². The van der Waals surface area contributed by atoms with Gasteiger partial charge >= 0.3 is 0 Å². The molecule has 0 aliphatic heterocycles. The van der Waals surface area contributed by atoms with Gasteiger partial charge in [-0.2, -0.15) is 0 Å². The number of aromatic nitrogens is 2. The summed E-state index contributed by atoms with van der Waals surface area (Å²) in [5.74, 6) is 0.482. The van der Waals surface area contributed by atoms with Crippen molar-refractivity contribution >= 4 is 34.0 Å². The summed E-state index contributed by atoms with van der Waals surface area (Å²) in [6.07, 6.45) is 4.22. The molecule has 5 heteroatoms. The second-order valence-electron chi connectivity index (χ2n) is 6.40. The molecule has 0 saturated heterocycles. The van der Waals surface area contributed by atoms with Crippen molar-refractivity contribution in [3.05, 3.63) is 90.3 Å². The molecular formula is C23H20N4O. The molecule has 1 amide bonds. The van der Waals surface area contributed by atoms with E-state index in [-0.39, 0.29) is 5.91 Å². The monoisotopic (exact) mass is 368 g/mol. The average Bonchev–Trinajstić information content (AvgIpc) is 2.75. The molecule has 2 aromatic carbocycles. The van der Waals surface area contributed by atoms with Crippen LogP contribution in [-0.4, -0.2) is 15.9 Å². The largest absolute Gasteiger partial charge is 0.340 e. The Morgan fingerprint density at radius 1 is 0.893 bits per heavy atom. The highest BCUT2D eigenvalue weighted by Crippen LogP contribution is 2.22. The highest BCUT2D eigenvalue weighted by molar-refractivity contribution is 6.08. The van der Waals surface area contributed by atoms with Crippen LogP contribution < -0.4 is 10.6 Å². The molecule has 4 rings (SSSR count). The standard InChI is InChI=1S/C23H20N4O/c1-2-16-7-3-4-10-19(16)26-21-13-12-18(15-25-21)23(28)27-20-11-5-8-17-9-6-14-24-22(17)20/h3-15H,2H2,1H3,(H,25,26)(H,27,28). The number of nitrogens with zero attached hydrogens (tertiary/aromatic N) is 2. The molecule has 28 heavy (non-hydrogen) atoms. The predicted octanol–water partition coefficient (Wildman–Crippen LogP) is 5.19. The van der Waals surface area contributed by atoms with Gasteiger partial charge in [-0.1, -0.05) is 43.3 Å². The molecule has 0 fully saturated rings. The maximum atomic E-state index is 12.6. The van der Waals surface area contributed by atoms with Crippen molar-refractivity contribution in [2.75, 3.05) is 10.6 Å². The van der Waals surface area contributed by atoms with E-state index in [2.05, 4.69) is 33.6 Å². The maximum Gasteiger partial charge on any atom is 0.257 e. The first-order valence-corrected chi connectivity index (χ1v) is 9.20. The highest BCUT2D eigenvalue weighted by Gasteiger charge is 2.10. The normalized spacial score (nSPS) is 10.6. The fourth-order valence-electron chi connectivity index (χ4n) is 3.09. The summed E-state index contributed by atoms with van der Waals surface area (Å²) >= 11 is 0. The number of carbonyl (C=O) groups excluding carboxylic acids is 1. The lowest BCUT2D eigenvalue weighted by atomic mass is 10.1. The molecule has 138 valence electrons. The minimum Gasteiger partial charge on any atom is -0.340 e. The van der Waals surface area contributed by atoms with Gasteiger partial charge in [0.15, 0.2) is 0 Å². The summed E-state index contributed by atoms with van der Waals surface area (Å²) in [4.78, 5) is 21.4.